The fourth-order valence-corrected chi connectivity index (χ4v) is 2.68. The molecule has 4 heteroatoms. The minimum absolute atomic E-state index is 0.0247. The SMILES string of the molecule is COc1cc(CC2CCC(=O)O2)ccc1OCc1ccccc1. The average molecular weight is 312 g/mol. The van der Waals surface area contributed by atoms with E-state index in [1.807, 2.05) is 48.5 Å². The molecular formula is C19H20O4. The van der Waals surface area contributed by atoms with E-state index >= 15 is 0 Å². The van der Waals surface area contributed by atoms with Gasteiger partial charge in [0.1, 0.15) is 12.7 Å². The van der Waals surface area contributed by atoms with Crippen LogP contribution in [0.2, 0.25) is 0 Å². The summed E-state index contributed by atoms with van der Waals surface area (Å²) < 4.78 is 16.5. The molecule has 1 saturated heterocycles. The fraction of sp³-hybridized carbons (Fsp3) is 0.316. The highest BCUT2D eigenvalue weighted by Gasteiger charge is 2.23. The average Bonchev–Trinajstić information content (AvgIpc) is 2.99. The Morgan fingerprint density at radius 3 is 2.61 bits per heavy atom. The Morgan fingerprint density at radius 2 is 1.91 bits per heavy atom. The van der Waals surface area contributed by atoms with Gasteiger partial charge in [0.25, 0.3) is 0 Å². The van der Waals surface area contributed by atoms with E-state index in [4.69, 9.17) is 14.2 Å². The second-order valence-electron chi connectivity index (χ2n) is 5.61. The van der Waals surface area contributed by atoms with Crippen LogP contribution in [0.25, 0.3) is 0 Å². The molecule has 2 aromatic rings. The van der Waals surface area contributed by atoms with Gasteiger partial charge in [0, 0.05) is 12.8 Å². The lowest BCUT2D eigenvalue weighted by atomic mass is 10.1. The summed E-state index contributed by atoms with van der Waals surface area (Å²) in [5.74, 6) is 1.30. The summed E-state index contributed by atoms with van der Waals surface area (Å²) in [5.41, 5.74) is 2.19. The van der Waals surface area contributed by atoms with Crippen LogP contribution >= 0.6 is 0 Å². The van der Waals surface area contributed by atoms with Crippen molar-refractivity contribution in [3.63, 3.8) is 0 Å². The van der Waals surface area contributed by atoms with Crippen LogP contribution in [0.3, 0.4) is 0 Å². The molecule has 1 unspecified atom stereocenters. The van der Waals surface area contributed by atoms with E-state index in [9.17, 15) is 4.79 Å². The second-order valence-corrected chi connectivity index (χ2v) is 5.61. The topological polar surface area (TPSA) is 44.8 Å². The molecular weight excluding hydrogens is 292 g/mol. The van der Waals surface area contributed by atoms with E-state index in [1.165, 1.54) is 0 Å². The number of ether oxygens (including phenoxy) is 3. The second kappa shape index (κ2) is 7.18. The predicted molar refractivity (Wildman–Crippen MR) is 86.6 cm³/mol. The first-order chi connectivity index (χ1) is 11.2. The largest absolute Gasteiger partial charge is 0.493 e. The number of methoxy groups -OCH3 is 1. The van der Waals surface area contributed by atoms with Crippen molar-refractivity contribution in [2.75, 3.05) is 7.11 Å². The Hall–Kier alpha value is -2.49. The van der Waals surface area contributed by atoms with Gasteiger partial charge in [0.15, 0.2) is 11.5 Å². The van der Waals surface area contributed by atoms with E-state index in [0.29, 0.717) is 30.9 Å². The van der Waals surface area contributed by atoms with Crippen LogP contribution in [0.1, 0.15) is 24.0 Å². The van der Waals surface area contributed by atoms with E-state index in [1.54, 1.807) is 7.11 Å². The summed E-state index contributed by atoms with van der Waals surface area (Å²) in [7, 11) is 1.63. The molecule has 0 aromatic heterocycles. The van der Waals surface area contributed by atoms with Crippen LogP contribution in [0, 0.1) is 0 Å². The van der Waals surface area contributed by atoms with Gasteiger partial charge in [-0.2, -0.15) is 0 Å². The molecule has 120 valence electrons. The molecule has 1 atom stereocenters. The Kier molecular flexibility index (Phi) is 4.81. The van der Waals surface area contributed by atoms with Gasteiger partial charge >= 0.3 is 5.97 Å². The lowest BCUT2D eigenvalue weighted by Gasteiger charge is -2.14. The van der Waals surface area contributed by atoms with Crippen LogP contribution in [-0.4, -0.2) is 19.2 Å². The molecule has 4 nitrogen and oxygen atoms in total. The summed E-state index contributed by atoms with van der Waals surface area (Å²) in [6, 6.07) is 15.9. The molecule has 1 heterocycles. The van der Waals surface area contributed by atoms with Crippen molar-refractivity contribution < 1.29 is 19.0 Å². The Bertz CT molecular complexity index is 666. The quantitative estimate of drug-likeness (QED) is 0.766. The van der Waals surface area contributed by atoms with E-state index in [2.05, 4.69) is 0 Å². The molecule has 1 aliphatic rings. The van der Waals surface area contributed by atoms with Gasteiger partial charge in [-0.1, -0.05) is 36.4 Å². The van der Waals surface area contributed by atoms with E-state index in [0.717, 1.165) is 17.5 Å². The summed E-state index contributed by atoms with van der Waals surface area (Å²) >= 11 is 0. The van der Waals surface area contributed by atoms with Gasteiger partial charge in [-0.25, -0.2) is 0 Å². The van der Waals surface area contributed by atoms with Crippen molar-refractivity contribution in [2.45, 2.75) is 32.0 Å². The van der Waals surface area contributed by atoms with Gasteiger partial charge in [0.05, 0.1) is 7.11 Å². The van der Waals surface area contributed by atoms with Crippen molar-refractivity contribution in [1.29, 1.82) is 0 Å². The molecule has 0 amide bonds. The molecule has 0 saturated carbocycles. The summed E-state index contributed by atoms with van der Waals surface area (Å²) in [6.45, 7) is 0.497. The van der Waals surface area contributed by atoms with Gasteiger partial charge in [-0.3, -0.25) is 4.79 Å². The molecule has 0 N–H and O–H groups in total. The molecule has 3 rings (SSSR count). The van der Waals surface area contributed by atoms with Gasteiger partial charge in [-0.15, -0.1) is 0 Å². The number of carbonyl (C=O) groups is 1. The lowest BCUT2D eigenvalue weighted by Crippen LogP contribution is -2.10. The van der Waals surface area contributed by atoms with Crippen LogP contribution in [0.5, 0.6) is 11.5 Å². The van der Waals surface area contributed by atoms with E-state index in [-0.39, 0.29) is 12.1 Å². The van der Waals surface area contributed by atoms with Gasteiger partial charge < -0.3 is 14.2 Å². The Labute approximate surface area is 136 Å². The highest BCUT2D eigenvalue weighted by molar-refractivity contribution is 5.71. The molecule has 1 aliphatic heterocycles. The summed E-state index contributed by atoms with van der Waals surface area (Å²) in [6.07, 6.45) is 1.98. The van der Waals surface area contributed by atoms with Crippen LogP contribution in [-0.2, 0) is 22.6 Å². The zero-order chi connectivity index (χ0) is 16.1. The van der Waals surface area contributed by atoms with Crippen molar-refractivity contribution in [2.24, 2.45) is 0 Å². The zero-order valence-corrected chi connectivity index (χ0v) is 13.2. The lowest BCUT2D eigenvalue weighted by molar-refractivity contribution is -0.141. The number of benzene rings is 2. The summed E-state index contributed by atoms with van der Waals surface area (Å²) in [4.78, 5) is 11.2. The number of hydrogen-bond acceptors (Lipinski definition) is 4. The first-order valence-electron chi connectivity index (χ1n) is 7.77. The van der Waals surface area contributed by atoms with Gasteiger partial charge in [-0.05, 0) is 29.7 Å². The number of cyclic esters (lactones) is 1. The highest BCUT2D eigenvalue weighted by atomic mass is 16.5. The first kappa shape index (κ1) is 15.4. The third-order valence-electron chi connectivity index (χ3n) is 3.90. The van der Waals surface area contributed by atoms with Crippen molar-refractivity contribution >= 4 is 5.97 Å². The number of rotatable bonds is 6. The molecule has 23 heavy (non-hydrogen) atoms. The van der Waals surface area contributed by atoms with Gasteiger partial charge in [0.2, 0.25) is 0 Å². The predicted octanol–water partition coefficient (Wildman–Crippen LogP) is 3.52. The molecule has 0 spiro atoms. The maximum atomic E-state index is 11.2. The third-order valence-corrected chi connectivity index (χ3v) is 3.90. The molecule has 2 aromatic carbocycles. The first-order valence-corrected chi connectivity index (χ1v) is 7.77. The van der Waals surface area contributed by atoms with Crippen LogP contribution in [0.4, 0.5) is 0 Å². The molecule has 0 bridgehead atoms. The third kappa shape index (κ3) is 4.03. The van der Waals surface area contributed by atoms with E-state index < -0.39 is 0 Å². The van der Waals surface area contributed by atoms with Crippen molar-refractivity contribution in [3.05, 3.63) is 59.7 Å². The number of carbonyl (C=O) groups excluding carboxylic acids is 1. The minimum atomic E-state index is -0.107. The fourth-order valence-electron chi connectivity index (χ4n) is 2.68. The molecule has 0 aliphatic carbocycles. The Balaban J connectivity index is 1.65. The van der Waals surface area contributed by atoms with Crippen LogP contribution < -0.4 is 9.47 Å². The number of hydrogen-bond donors (Lipinski definition) is 0. The normalized spacial score (nSPS) is 16.9. The standard InChI is InChI=1S/C19H20O4/c1-21-18-12-15(11-16-8-10-19(20)23-16)7-9-17(18)22-13-14-5-3-2-4-6-14/h2-7,9,12,16H,8,10-11,13H2,1H3. The zero-order valence-electron chi connectivity index (χ0n) is 13.2. The minimum Gasteiger partial charge on any atom is -0.493 e. The molecule has 1 fully saturated rings. The maximum Gasteiger partial charge on any atom is 0.306 e. The summed E-state index contributed by atoms with van der Waals surface area (Å²) in [5, 5.41) is 0. The Morgan fingerprint density at radius 1 is 1.09 bits per heavy atom. The van der Waals surface area contributed by atoms with Crippen LogP contribution in [0.15, 0.2) is 48.5 Å². The van der Waals surface area contributed by atoms with Crippen molar-refractivity contribution in [3.8, 4) is 11.5 Å². The number of esters is 1. The van der Waals surface area contributed by atoms with Crippen molar-refractivity contribution in [1.82, 2.24) is 0 Å². The monoisotopic (exact) mass is 312 g/mol. The highest BCUT2D eigenvalue weighted by Crippen LogP contribution is 2.30. The molecule has 0 radical (unpaired) electrons. The smallest absolute Gasteiger partial charge is 0.306 e. The maximum absolute atomic E-state index is 11.2.